The number of rotatable bonds is 14. The van der Waals surface area contributed by atoms with E-state index in [0.717, 1.165) is 43.6 Å². The van der Waals surface area contributed by atoms with Gasteiger partial charge in [0, 0.05) is 35.7 Å². The largest absolute Gasteiger partial charge is 1.00 e. The molecular weight excluding hydrogens is 723 g/mol. The van der Waals surface area contributed by atoms with Gasteiger partial charge >= 0.3 is 18.9 Å². The van der Waals surface area contributed by atoms with Crippen molar-refractivity contribution in [3.8, 4) is 0 Å². The molecule has 0 radical (unpaired) electrons. The van der Waals surface area contributed by atoms with Crippen LogP contribution < -0.4 is 29.7 Å². The predicted octanol–water partition coefficient (Wildman–Crippen LogP) is 6.58. The minimum Gasteiger partial charge on any atom is -1.00 e. The van der Waals surface area contributed by atoms with Crippen LogP contribution in [0.2, 0.25) is 0 Å². The van der Waals surface area contributed by atoms with Crippen LogP contribution in [0.3, 0.4) is 0 Å². The number of thioether (sulfide) groups is 2. The van der Waals surface area contributed by atoms with Gasteiger partial charge in [-0.15, -0.1) is 0 Å². The number of aliphatic hydroxyl groups is 1. The monoisotopic (exact) mass is 774 g/mol. The molecule has 0 aliphatic heterocycles. The number of Topliss-reactive ketones (excluding diaryl/α,β-unsaturated/α-hetero) is 1. The van der Waals surface area contributed by atoms with E-state index in [1.54, 1.807) is 42.6 Å². The second-order valence-electron chi connectivity index (χ2n) is 12.6. The van der Waals surface area contributed by atoms with Crippen molar-refractivity contribution < 1.29 is 39.0 Å². The van der Waals surface area contributed by atoms with Crippen molar-refractivity contribution in [3.63, 3.8) is 0 Å². The fraction of sp³-hybridized carbons (Fsp3) is 0.295. The number of hydrogen-bond acceptors (Lipinski definition) is 8. The molecule has 0 unspecified atom stereocenters. The summed E-state index contributed by atoms with van der Waals surface area (Å²) in [4.78, 5) is 35.9. The van der Waals surface area contributed by atoms with Crippen molar-refractivity contribution in [2.75, 3.05) is 6.61 Å². The number of para-hydroxylation sites is 2. The first-order valence-corrected chi connectivity index (χ1v) is 19.3. The fourth-order valence-electron chi connectivity index (χ4n) is 5.59. The molecule has 2 aromatic heterocycles. The second-order valence-corrected chi connectivity index (χ2v) is 14.5. The molecule has 0 fully saturated rings. The Kier molecular flexibility index (Phi) is 20.5. The van der Waals surface area contributed by atoms with Gasteiger partial charge in [0.1, 0.15) is 16.9 Å². The molecule has 6 rings (SSSR count). The Bertz CT molecular complexity index is 2210. The van der Waals surface area contributed by atoms with E-state index in [-0.39, 0.29) is 68.3 Å². The first-order chi connectivity index (χ1) is 24.7. The van der Waals surface area contributed by atoms with Crippen molar-refractivity contribution in [1.29, 1.82) is 0 Å². The van der Waals surface area contributed by atoms with Gasteiger partial charge in [-0.3, -0.25) is 9.59 Å². The van der Waals surface area contributed by atoms with Crippen molar-refractivity contribution >= 4 is 68.6 Å². The van der Waals surface area contributed by atoms with E-state index in [1.165, 1.54) is 22.3 Å². The van der Waals surface area contributed by atoms with Crippen LogP contribution >= 0.6 is 23.5 Å². The number of unbranched alkanes of at least 4 members (excludes halogenated alkanes) is 1. The van der Waals surface area contributed by atoms with Crippen LogP contribution in [0.5, 0.6) is 0 Å². The Labute approximate surface area is 351 Å². The summed E-state index contributed by atoms with van der Waals surface area (Å²) in [6.45, 7) is 5.53. The summed E-state index contributed by atoms with van der Waals surface area (Å²) >= 11 is 3.10. The summed E-state index contributed by atoms with van der Waals surface area (Å²) in [5.74, 6) is 1.75. The van der Waals surface area contributed by atoms with Crippen LogP contribution in [0.15, 0.2) is 126 Å². The van der Waals surface area contributed by atoms with Crippen LogP contribution in [0.1, 0.15) is 74.8 Å². The Morgan fingerprint density at radius 3 is 1.43 bits per heavy atom. The summed E-state index contributed by atoms with van der Waals surface area (Å²) in [7, 11) is 0. The van der Waals surface area contributed by atoms with Gasteiger partial charge in [0.05, 0.1) is 10.8 Å². The van der Waals surface area contributed by atoms with Crippen molar-refractivity contribution in [1.82, 2.24) is 0 Å². The average molecular weight is 775 g/mol. The first kappa shape index (κ1) is 46.9. The van der Waals surface area contributed by atoms with E-state index in [0.29, 0.717) is 49.7 Å². The minimum atomic E-state index is 0. The molecule has 0 atom stereocenters. The molecule has 280 valence electrons. The number of carbonyl (C=O) groups excluding carboxylic acids is 1. The van der Waals surface area contributed by atoms with Crippen LogP contribution in [0.25, 0.3) is 21.9 Å². The van der Waals surface area contributed by atoms with E-state index in [4.69, 9.17) is 13.9 Å². The molecule has 0 amide bonds. The Morgan fingerprint density at radius 1 is 0.630 bits per heavy atom. The molecule has 1 N–H and O–H groups in total. The van der Waals surface area contributed by atoms with Gasteiger partial charge in [-0.2, -0.15) is 0 Å². The summed E-state index contributed by atoms with van der Waals surface area (Å²) in [6, 6.07) is 31.7. The minimum absolute atomic E-state index is 0. The number of aliphatic hydroxyl groups excluding tert-OH is 1. The van der Waals surface area contributed by atoms with Gasteiger partial charge in [0.15, 0.2) is 38.4 Å². The van der Waals surface area contributed by atoms with Crippen LogP contribution in [0, 0.1) is 13.8 Å². The third kappa shape index (κ3) is 13.2. The normalized spacial score (nSPS) is 10.4. The molecule has 4 aromatic carbocycles. The zero-order valence-electron chi connectivity index (χ0n) is 31.4. The second kappa shape index (κ2) is 23.6. The average Bonchev–Trinajstić information content (AvgIpc) is 3.15. The molecular formula is C44H52AlLiO6S2. The zero-order valence-corrected chi connectivity index (χ0v) is 32.0. The number of aryl methyl sites for hydroxylation is 2. The van der Waals surface area contributed by atoms with Gasteiger partial charge in [-0.25, -0.2) is 0 Å². The Morgan fingerprint density at radius 2 is 1.02 bits per heavy atom. The standard InChI is InChI=1S/C22H22O3S.C21H22O3S.CH4.Al.Li.4H/c1-15(23)6-5-7-17-10-12-18(13-11-17)14-26-22-16(2)21(24)19-8-3-4-9-20(19)25-22;1-15-20(23)18-7-2-3-8-19(18)24-21(15)25-14-17-11-9-16(10-12-17)6-4-5-13-22;;;;;;;/h3-4,8-13H,5-7,14H2,1-2H3;2-3,7-12,22H,4-6,13-14H2,1H3;1H4;;;;;;/q;;;;+1;;;;-1. The molecule has 0 saturated carbocycles. The molecule has 6 nitrogen and oxygen atoms in total. The summed E-state index contributed by atoms with van der Waals surface area (Å²) < 4.78 is 11.8. The van der Waals surface area contributed by atoms with Gasteiger partial charge < -0.3 is 20.2 Å². The molecule has 0 aliphatic rings. The molecule has 6 aromatic rings. The van der Waals surface area contributed by atoms with E-state index < -0.39 is 0 Å². The van der Waals surface area contributed by atoms with E-state index >= 15 is 0 Å². The maximum Gasteiger partial charge on any atom is 1.00 e. The van der Waals surface area contributed by atoms with Crippen molar-refractivity contribution in [2.45, 2.75) is 88.4 Å². The maximum atomic E-state index is 12.5. The molecule has 10 heteroatoms. The predicted molar refractivity (Wildman–Crippen MR) is 228 cm³/mol. The molecule has 0 aliphatic carbocycles. The van der Waals surface area contributed by atoms with Crippen molar-refractivity contribution in [2.24, 2.45) is 0 Å². The number of fused-ring (bicyclic) bond motifs is 2. The third-order valence-corrected chi connectivity index (χ3v) is 10.9. The smallest absolute Gasteiger partial charge is 1.00 e. The molecule has 0 saturated heterocycles. The number of benzene rings is 4. The molecule has 0 bridgehead atoms. The SMILES string of the molecule is C.CC(=O)CCCc1ccc(CSc2oc3ccccc3c(=O)c2C)cc1.Cc1c(SCc2ccc(CCCCO)cc2)oc2ccccc2c1=O.[AlH3].[H-].[Li+]. The van der Waals surface area contributed by atoms with E-state index in [2.05, 4.69) is 48.5 Å². The number of ketones is 1. The van der Waals surface area contributed by atoms with Crippen LogP contribution in [-0.2, 0) is 29.1 Å². The van der Waals surface area contributed by atoms with E-state index in [9.17, 15) is 14.4 Å². The first-order valence-electron chi connectivity index (χ1n) is 17.3. The molecule has 2 heterocycles. The van der Waals surface area contributed by atoms with E-state index in [1.807, 2.05) is 50.2 Å². The summed E-state index contributed by atoms with van der Waals surface area (Å²) in [5.41, 5.74) is 7.60. The van der Waals surface area contributed by atoms with Crippen LogP contribution in [-0.4, -0.2) is 34.9 Å². The van der Waals surface area contributed by atoms with Gasteiger partial charge in [-0.1, -0.05) is 104 Å². The topological polar surface area (TPSA) is 97.7 Å². The van der Waals surface area contributed by atoms with Gasteiger partial charge in [0.2, 0.25) is 0 Å². The Hall–Kier alpha value is -3.24. The van der Waals surface area contributed by atoms with Crippen LogP contribution in [0.4, 0.5) is 0 Å². The summed E-state index contributed by atoms with van der Waals surface area (Å²) in [6.07, 6.45) is 5.30. The Balaban J connectivity index is 0.000000513. The molecule has 54 heavy (non-hydrogen) atoms. The zero-order chi connectivity index (χ0) is 36.2. The maximum absolute atomic E-state index is 12.5. The van der Waals surface area contributed by atoms with Gasteiger partial charge in [-0.05, 0) is 99.4 Å². The quantitative estimate of drug-likeness (QED) is 0.0754. The molecule has 0 spiro atoms. The fourth-order valence-corrected chi connectivity index (χ4v) is 7.48. The van der Waals surface area contributed by atoms with Crippen molar-refractivity contribution in [3.05, 3.63) is 151 Å². The summed E-state index contributed by atoms with van der Waals surface area (Å²) in [5, 5.41) is 11.5. The number of carbonyl (C=O) groups is 1. The van der Waals surface area contributed by atoms with Gasteiger partial charge in [0.25, 0.3) is 0 Å². The third-order valence-electron chi connectivity index (χ3n) is 8.62. The number of hydrogen-bond donors (Lipinski definition) is 1.